The van der Waals surface area contributed by atoms with E-state index in [0.717, 1.165) is 36.6 Å². The van der Waals surface area contributed by atoms with Crippen molar-refractivity contribution in [3.8, 4) is 11.4 Å². The maximum Gasteiger partial charge on any atom is 0.224 e. The Hall–Kier alpha value is -2.90. The number of nitrogens with one attached hydrogen (secondary N) is 3. The number of nitrogens with zero attached hydrogens (tertiary/aromatic N) is 4. The molecule has 0 unspecified atom stereocenters. The lowest BCUT2D eigenvalue weighted by Crippen LogP contribution is -2.40. The summed E-state index contributed by atoms with van der Waals surface area (Å²) in [6, 6.07) is 8.02. The van der Waals surface area contributed by atoms with Crippen molar-refractivity contribution in [1.29, 1.82) is 0 Å². The topological polar surface area (TPSA) is 98.3 Å². The van der Waals surface area contributed by atoms with Crippen molar-refractivity contribution < 1.29 is 4.79 Å². The zero-order valence-corrected chi connectivity index (χ0v) is 16.3. The van der Waals surface area contributed by atoms with Crippen molar-refractivity contribution >= 4 is 11.9 Å². The Morgan fingerprint density at radius 3 is 2.70 bits per heavy atom. The molecule has 0 aliphatic rings. The average molecular weight is 371 g/mol. The summed E-state index contributed by atoms with van der Waals surface area (Å²) >= 11 is 0. The predicted molar refractivity (Wildman–Crippen MR) is 107 cm³/mol. The van der Waals surface area contributed by atoms with Gasteiger partial charge in [-0.15, -0.1) is 0 Å². The van der Waals surface area contributed by atoms with Crippen molar-refractivity contribution in [3.05, 3.63) is 36.2 Å². The monoisotopic (exact) mass is 371 g/mol. The van der Waals surface area contributed by atoms with E-state index < -0.39 is 0 Å². The van der Waals surface area contributed by atoms with E-state index in [1.165, 1.54) is 6.33 Å². The molecule has 3 N–H and O–H groups in total. The predicted octanol–water partition coefficient (Wildman–Crippen LogP) is 1.79. The van der Waals surface area contributed by atoms with Crippen LogP contribution in [0.25, 0.3) is 11.4 Å². The molecule has 2 aromatic rings. The third-order valence-electron chi connectivity index (χ3n) is 4.13. The minimum Gasteiger partial charge on any atom is -0.357 e. The van der Waals surface area contributed by atoms with E-state index in [0.29, 0.717) is 25.5 Å². The Bertz CT molecular complexity index is 723. The minimum atomic E-state index is 0.156. The van der Waals surface area contributed by atoms with E-state index in [9.17, 15) is 4.79 Å². The van der Waals surface area contributed by atoms with Crippen LogP contribution in [0, 0.1) is 0 Å². The number of carbonyl (C=O) groups excluding carboxylic acids is 1. The van der Waals surface area contributed by atoms with E-state index in [4.69, 9.17) is 0 Å². The van der Waals surface area contributed by atoms with Crippen LogP contribution in [-0.4, -0.2) is 58.1 Å². The number of benzene rings is 1. The number of rotatable bonds is 9. The van der Waals surface area contributed by atoms with Gasteiger partial charge in [0.15, 0.2) is 11.8 Å². The third kappa shape index (κ3) is 6.40. The summed E-state index contributed by atoms with van der Waals surface area (Å²) < 4.78 is 0. The van der Waals surface area contributed by atoms with Gasteiger partial charge in [0.1, 0.15) is 6.33 Å². The zero-order valence-electron chi connectivity index (χ0n) is 16.3. The summed E-state index contributed by atoms with van der Waals surface area (Å²) in [5.41, 5.74) is 2.04. The van der Waals surface area contributed by atoms with E-state index >= 15 is 0 Å². The SMILES string of the molecule is CCNC(=NCc1cccc(-c2ncn[nH]2)c1)NCCC(=O)N(CC)CC. The van der Waals surface area contributed by atoms with Crippen LogP contribution in [-0.2, 0) is 11.3 Å². The number of carbonyl (C=O) groups is 1. The number of aliphatic imine (C=N–C) groups is 1. The molecular weight excluding hydrogens is 342 g/mol. The van der Waals surface area contributed by atoms with Gasteiger partial charge in [-0.2, -0.15) is 5.10 Å². The largest absolute Gasteiger partial charge is 0.357 e. The Labute approximate surface area is 160 Å². The molecule has 0 saturated carbocycles. The number of amides is 1. The van der Waals surface area contributed by atoms with Crippen LogP contribution in [0.1, 0.15) is 32.8 Å². The lowest BCUT2D eigenvalue weighted by atomic mass is 10.1. The highest BCUT2D eigenvalue weighted by atomic mass is 16.2. The third-order valence-corrected chi connectivity index (χ3v) is 4.13. The number of H-pyrrole nitrogens is 1. The van der Waals surface area contributed by atoms with Crippen LogP contribution in [0.2, 0.25) is 0 Å². The van der Waals surface area contributed by atoms with E-state index in [2.05, 4.69) is 30.8 Å². The second-order valence-electron chi connectivity index (χ2n) is 5.97. The van der Waals surface area contributed by atoms with Gasteiger partial charge in [0.2, 0.25) is 5.91 Å². The van der Waals surface area contributed by atoms with Crippen molar-refractivity contribution in [1.82, 2.24) is 30.7 Å². The van der Waals surface area contributed by atoms with Crippen molar-refractivity contribution in [2.45, 2.75) is 33.7 Å². The van der Waals surface area contributed by atoms with Gasteiger partial charge >= 0.3 is 0 Å². The molecule has 1 aromatic carbocycles. The molecule has 1 amide bonds. The molecule has 1 heterocycles. The fourth-order valence-corrected chi connectivity index (χ4v) is 2.70. The molecule has 8 heteroatoms. The van der Waals surface area contributed by atoms with Crippen LogP contribution in [0.3, 0.4) is 0 Å². The molecule has 0 radical (unpaired) electrons. The summed E-state index contributed by atoms with van der Waals surface area (Å²) in [5.74, 6) is 1.60. The highest BCUT2D eigenvalue weighted by molar-refractivity contribution is 5.81. The summed E-state index contributed by atoms with van der Waals surface area (Å²) in [7, 11) is 0. The average Bonchev–Trinajstić information content (AvgIpc) is 3.22. The molecule has 1 aromatic heterocycles. The van der Waals surface area contributed by atoms with Gasteiger partial charge in [-0.05, 0) is 32.4 Å². The first-order valence-electron chi connectivity index (χ1n) is 9.42. The second-order valence-corrected chi connectivity index (χ2v) is 5.97. The molecule has 0 aliphatic carbocycles. The molecule has 0 bridgehead atoms. The highest BCUT2D eigenvalue weighted by Crippen LogP contribution is 2.15. The molecule has 146 valence electrons. The fourth-order valence-electron chi connectivity index (χ4n) is 2.70. The van der Waals surface area contributed by atoms with Crippen molar-refractivity contribution in [3.63, 3.8) is 0 Å². The first kappa shape index (κ1) is 20.4. The Morgan fingerprint density at radius 1 is 1.22 bits per heavy atom. The van der Waals surface area contributed by atoms with Gasteiger partial charge in [0.25, 0.3) is 0 Å². The van der Waals surface area contributed by atoms with Gasteiger partial charge < -0.3 is 15.5 Å². The van der Waals surface area contributed by atoms with Crippen LogP contribution in [0.15, 0.2) is 35.6 Å². The minimum absolute atomic E-state index is 0.156. The number of hydrogen-bond acceptors (Lipinski definition) is 4. The lowest BCUT2D eigenvalue weighted by Gasteiger charge is -2.19. The molecule has 0 atom stereocenters. The van der Waals surface area contributed by atoms with Gasteiger partial charge in [-0.1, -0.05) is 18.2 Å². The van der Waals surface area contributed by atoms with Crippen LogP contribution in [0.4, 0.5) is 0 Å². The molecule has 0 aliphatic heterocycles. The first-order chi connectivity index (χ1) is 13.2. The number of hydrogen-bond donors (Lipinski definition) is 3. The van der Waals surface area contributed by atoms with Crippen molar-refractivity contribution in [2.24, 2.45) is 4.99 Å². The summed E-state index contributed by atoms with van der Waals surface area (Å²) in [6.07, 6.45) is 1.94. The quantitative estimate of drug-likeness (QED) is 0.461. The maximum absolute atomic E-state index is 12.1. The Balaban J connectivity index is 1.93. The number of aromatic nitrogens is 3. The van der Waals surface area contributed by atoms with Crippen LogP contribution >= 0.6 is 0 Å². The first-order valence-corrected chi connectivity index (χ1v) is 9.42. The molecule has 0 spiro atoms. The van der Waals surface area contributed by atoms with Gasteiger partial charge in [-0.3, -0.25) is 9.89 Å². The smallest absolute Gasteiger partial charge is 0.224 e. The lowest BCUT2D eigenvalue weighted by molar-refractivity contribution is -0.130. The summed E-state index contributed by atoms with van der Waals surface area (Å²) in [5, 5.41) is 13.2. The van der Waals surface area contributed by atoms with E-state index in [1.807, 2.05) is 49.9 Å². The van der Waals surface area contributed by atoms with Gasteiger partial charge in [-0.25, -0.2) is 9.98 Å². The van der Waals surface area contributed by atoms with Gasteiger partial charge in [0, 0.05) is 38.2 Å². The molecular formula is C19H29N7O. The molecule has 2 rings (SSSR count). The summed E-state index contributed by atoms with van der Waals surface area (Å²) in [6.45, 7) is 9.33. The maximum atomic E-state index is 12.1. The van der Waals surface area contributed by atoms with Crippen molar-refractivity contribution in [2.75, 3.05) is 26.2 Å². The zero-order chi connectivity index (χ0) is 19.5. The van der Waals surface area contributed by atoms with E-state index in [-0.39, 0.29) is 5.91 Å². The Morgan fingerprint density at radius 2 is 2.04 bits per heavy atom. The highest BCUT2D eigenvalue weighted by Gasteiger charge is 2.09. The number of guanidine groups is 1. The molecule has 8 nitrogen and oxygen atoms in total. The molecule has 0 saturated heterocycles. The fraction of sp³-hybridized carbons (Fsp3) is 0.474. The normalized spacial score (nSPS) is 11.3. The van der Waals surface area contributed by atoms with Crippen LogP contribution < -0.4 is 10.6 Å². The second kappa shape index (κ2) is 10.9. The number of aromatic amines is 1. The van der Waals surface area contributed by atoms with Crippen LogP contribution in [0.5, 0.6) is 0 Å². The standard InChI is InChI=1S/C19H29N7O/c1-4-20-19(21-11-10-17(27)26(5-2)6-3)22-13-15-8-7-9-16(12-15)18-23-14-24-25-18/h7-9,12,14H,4-6,10-11,13H2,1-3H3,(H2,20,21,22)(H,23,24,25). The molecule has 0 fully saturated rings. The van der Waals surface area contributed by atoms with E-state index in [1.54, 1.807) is 0 Å². The summed E-state index contributed by atoms with van der Waals surface area (Å²) in [4.78, 5) is 22.7. The molecule has 27 heavy (non-hydrogen) atoms. The Kier molecular flexibility index (Phi) is 8.28. The van der Waals surface area contributed by atoms with Gasteiger partial charge in [0.05, 0.1) is 6.54 Å².